The van der Waals surface area contributed by atoms with Crippen LogP contribution in [0.2, 0.25) is 0 Å². The molecule has 1 aromatic carbocycles. The molecule has 0 spiro atoms. The minimum absolute atomic E-state index is 0.685. The summed E-state index contributed by atoms with van der Waals surface area (Å²) in [5.41, 5.74) is 4.07. The van der Waals surface area contributed by atoms with E-state index in [0.29, 0.717) is 5.56 Å². The SMILES string of the molecule is Cc1ccc(C#N)cc1NCCc1cnn(C)c1. The van der Waals surface area contributed by atoms with Crippen LogP contribution in [0.5, 0.6) is 0 Å². The Morgan fingerprint density at radius 2 is 2.28 bits per heavy atom. The van der Waals surface area contributed by atoms with Crippen molar-refractivity contribution < 1.29 is 0 Å². The first-order chi connectivity index (χ1) is 8.69. The van der Waals surface area contributed by atoms with Crippen molar-refractivity contribution in [2.45, 2.75) is 13.3 Å². The molecule has 0 radical (unpaired) electrons. The number of hydrogen-bond donors (Lipinski definition) is 1. The van der Waals surface area contributed by atoms with Gasteiger partial charge >= 0.3 is 0 Å². The van der Waals surface area contributed by atoms with Crippen molar-refractivity contribution >= 4 is 5.69 Å². The topological polar surface area (TPSA) is 53.6 Å². The van der Waals surface area contributed by atoms with Crippen LogP contribution in [0, 0.1) is 18.3 Å². The molecule has 2 aromatic rings. The number of nitrogens with one attached hydrogen (secondary N) is 1. The molecule has 1 heterocycles. The third-order valence-corrected chi connectivity index (χ3v) is 2.85. The van der Waals surface area contributed by atoms with E-state index in [1.54, 1.807) is 4.68 Å². The maximum absolute atomic E-state index is 8.87. The number of rotatable bonds is 4. The number of nitrogens with zero attached hydrogens (tertiary/aromatic N) is 3. The van der Waals surface area contributed by atoms with Crippen LogP contribution in [0.4, 0.5) is 5.69 Å². The summed E-state index contributed by atoms with van der Waals surface area (Å²) in [7, 11) is 1.91. The molecule has 0 unspecified atom stereocenters. The van der Waals surface area contributed by atoms with E-state index in [2.05, 4.69) is 16.5 Å². The molecule has 4 heteroatoms. The third kappa shape index (κ3) is 2.89. The molecule has 1 aromatic heterocycles. The number of nitriles is 1. The standard InChI is InChI=1S/C14H16N4/c1-11-3-4-12(8-15)7-14(11)16-6-5-13-9-17-18(2)10-13/h3-4,7,9-10,16H,5-6H2,1-2H3. The molecule has 0 bridgehead atoms. The largest absolute Gasteiger partial charge is 0.384 e. The Hall–Kier alpha value is -2.28. The van der Waals surface area contributed by atoms with Gasteiger partial charge in [0.15, 0.2) is 0 Å². The molecule has 0 fully saturated rings. The van der Waals surface area contributed by atoms with Gasteiger partial charge in [-0.15, -0.1) is 0 Å². The number of benzene rings is 1. The van der Waals surface area contributed by atoms with E-state index in [1.165, 1.54) is 5.56 Å². The van der Waals surface area contributed by atoms with Crippen LogP contribution in [0.3, 0.4) is 0 Å². The molecular weight excluding hydrogens is 224 g/mol. The maximum atomic E-state index is 8.87. The summed E-state index contributed by atoms with van der Waals surface area (Å²) in [6, 6.07) is 7.84. The summed E-state index contributed by atoms with van der Waals surface area (Å²) in [5, 5.41) is 16.4. The first-order valence-corrected chi connectivity index (χ1v) is 5.91. The first-order valence-electron chi connectivity index (χ1n) is 5.91. The van der Waals surface area contributed by atoms with E-state index in [1.807, 2.05) is 44.6 Å². The fraction of sp³-hybridized carbons (Fsp3) is 0.286. The van der Waals surface area contributed by atoms with E-state index in [4.69, 9.17) is 5.26 Å². The minimum Gasteiger partial charge on any atom is -0.384 e. The number of hydrogen-bond acceptors (Lipinski definition) is 3. The Kier molecular flexibility index (Phi) is 3.63. The van der Waals surface area contributed by atoms with E-state index < -0.39 is 0 Å². The smallest absolute Gasteiger partial charge is 0.0992 e. The molecule has 0 saturated heterocycles. The first kappa shape index (κ1) is 12.2. The average Bonchev–Trinajstić information content (AvgIpc) is 2.77. The van der Waals surface area contributed by atoms with Gasteiger partial charge in [-0.25, -0.2) is 0 Å². The summed E-state index contributed by atoms with van der Waals surface area (Å²) in [6.45, 7) is 2.87. The highest BCUT2D eigenvalue weighted by atomic mass is 15.2. The van der Waals surface area contributed by atoms with Crippen LogP contribution < -0.4 is 5.32 Å². The van der Waals surface area contributed by atoms with Gasteiger partial charge in [-0.1, -0.05) is 6.07 Å². The summed E-state index contributed by atoms with van der Waals surface area (Å²) in [4.78, 5) is 0. The molecule has 0 saturated carbocycles. The van der Waals surface area contributed by atoms with Crippen molar-refractivity contribution in [3.05, 3.63) is 47.3 Å². The van der Waals surface area contributed by atoms with Crippen molar-refractivity contribution in [1.29, 1.82) is 5.26 Å². The summed E-state index contributed by atoms with van der Waals surface area (Å²) in [6.07, 6.45) is 4.81. The molecule has 0 aliphatic rings. The monoisotopic (exact) mass is 240 g/mol. The van der Waals surface area contributed by atoms with Crippen molar-refractivity contribution in [3.63, 3.8) is 0 Å². The second-order valence-electron chi connectivity index (χ2n) is 4.34. The number of anilines is 1. The van der Waals surface area contributed by atoms with E-state index in [-0.39, 0.29) is 0 Å². The lowest BCUT2D eigenvalue weighted by molar-refractivity contribution is 0.767. The van der Waals surface area contributed by atoms with Gasteiger partial charge in [0.1, 0.15) is 0 Å². The van der Waals surface area contributed by atoms with E-state index >= 15 is 0 Å². The average molecular weight is 240 g/mol. The third-order valence-electron chi connectivity index (χ3n) is 2.85. The number of aromatic nitrogens is 2. The fourth-order valence-corrected chi connectivity index (χ4v) is 1.82. The molecule has 0 aliphatic heterocycles. The molecule has 1 N–H and O–H groups in total. The lowest BCUT2D eigenvalue weighted by Gasteiger charge is -2.09. The summed E-state index contributed by atoms with van der Waals surface area (Å²) in [5.74, 6) is 0. The van der Waals surface area contributed by atoms with Crippen LogP contribution in [0.1, 0.15) is 16.7 Å². The van der Waals surface area contributed by atoms with Crippen molar-refractivity contribution in [2.24, 2.45) is 7.05 Å². The molecule has 2 rings (SSSR count). The quantitative estimate of drug-likeness (QED) is 0.891. The Balaban J connectivity index is 1.96. The molecule has 4 nitrogen and oxygen atoms in total. The highest BCUT2D eigenvalue weighted by Gasteiger charge is 2.01. The van der Waals surface area contributed by atoms with E-state index in [0.717, 1.165) is 24.2 Å². The molecule has 18 heavy (non-hydrogen) atoms. The van der Waals surface area contributed by atoms with E-state index in [9.17, 15) is 0 Å². The van der Waals surface area contributed by atoms with Gasteiger partial charge < -0.3 is 5.32 Å². The number of aryl methyl sites for hydroxylation is 2. The Morgan fingerprint density at radius 1 is 1.44 bits per heavy atom. The van der Waals surface area contributed by atoms with Gasteiger partial charge in [-0.2, -0.15) is 10.4 Å². The van der Waals surface area contributed by atoms with Crippen LogP contribution in [0.25, 0.3) is 0 Å². The zero-order chi connectivity index (χ0) is 13.0. The maximum Gasteiger partial charge on any atom is 0.0992 e. The zero-order valence-corrected chi connectivity index (χ0v) is 10.6. The lowest BCUT2D eigenvalue weighted by Crippen LogP contribution is -2.05. The minimum atomic E-state index is 0.685. The predicted molar refractivity (Wildman–Crippen MR) is 71.3 cm³/mol. The molecule has 92 valence electrons. The second kappa shape index (κ2) is 5.37. The van der Waals surface area contributed by atoms with Gasteiger partial charge in [0, 0.05) is 25.5 Å². The summed E-state index contributed by atoms with van der Waals surface area (Å²) < 4.78 is 1.80. The summed E-state index contributed by atoms with van der Waals surface area (Å²) >= 11 is 0. The molecule has 0 atom stereocenters. The predicted octanol–water partition coefficient (Wildman–Crippen LogP) is 2.25. The normalized spacial score (nSPS) is 10.1. The lowest BCUT2D eigenvalue weighted by atomic mass is 10.1. The highest BCUT2D eigenvalue weighted by Crippen LogP contribution is 2.16. The highest BCUT2D eigenvalue weighted by molar-refractivity contribution is 5.55. The molecular formula is C14H16N4. The van der Waals surface area contributed by atoms with Crippen molar-refractivity contribution in [3.8, 4) is 6.07 Å². The van der Waals surface area contributed by atoms with Crippen molar-refractivity contribution in [1.82, 2.24) is 9.78 Å². The Labute approximate surface area is 107 Å². The fourth-order valence-electron chi connectivity index (χ4n) is 1.82. The molecule has 0 amide bonds. The van der Waals surface area contributed by atoms with Gasteiger partial charge in [-0.3, -0.25) is 4.68 Å². The molecule has 0 aliphatic carbocycles. The van der Waals surface area contributed by atoms with Crippen molar-refractivity contribution in [2.75, 3.05) is 11.9 Å². The van der Waals surface area contributed by atoms with Crippen LogP contribution in [0.15, 0.2) is 30.6 Å². The van der Waals surface area contributed by atoms with Crippen LogP contribution >= 0.6 is 0 Å². The second-order valence-corrected chi connectivity index (χ2v) is 4.34. The Morgan fingerprint density at radius 3 is 2.94 bits per heavy atom. The van der Waals surface area contributed by atoms with Gasteiger partial charge in [-0.05, 0) is 36.6 Å². The Bertz CT molecular complexity index is 578. The van der Waals surface area contributed by atoms with Gasteiger partial charge in [0.05, 0.1) is 17.8 Å². The van der Waals surface area contributed by atoms with Gasteiger partial charge in [0.25, 0.3) is 0 Å². The van der Waals surface area contributed by atoms with Gasteiger partial charge in [0.2, 0.25) is 0 Å². The zero-order valence-electron chi connectivity index (χ0n) is 10.6. The van der Waals surface area contributed by atoms with Crippen LogP contribution in [-0.4, -0.2) is 16.3 Å². The van der Waals surface area contributed by atoms with Crippen LogP contribution in [-0.2, 0) is 13.5 Å².